The van der Waals surface area contributed by atoms with Crippen molar-refractivity contribution in [3.8, 4) is 0 Å². The summed E-state index contributed by atoms with van der Waals surface area (Å²) in [5.74, 6) is -0.869. The zero-order valence-electron chi connectivity index (χ0n) is 12.3. The van der Waals surface area contributed by atoms with Crippen LogP contribution < -0.4 is 10.6 Å². The molecule has 0 atom stereocenters. The molecule has 1 aliphatic rings. The van der Waals surface area contributed by atoms with Crippen molar-refractivity contribution < 1.29 is 14.7 Å². The third kappa shape index (κ3) is 3.97. The number of nitrogens with one attached hydrogen (secondary N) is 2. The number of aryl methyl sites for hydroxylation is 1. The molecule has 0 aromatic heterocycles. The normalized spacial score (nSPS) is 15.9. The molecule has 3 N–H and O–H groups in total. The van der Waals surface area contributed by atoms with Crippen LogP contribution in [0.25, 0.3) is 0 Å². The first-order chi connectivity index (χ1) is 10.0. The Hall–Kier alpha value is -2.04. The summed E-state index contributed by atoms with van der Waals surface area (Å²) in [6.45, 7) is 2.54. The zero-order valence-corrected chi connectivity index (χ0v) is 12.3. The molecule has 0 heterocycles. The molecule has 114 valence electrons. The van der Waals surface area contributed by atoms with Gasteiger partial charge in [0, 0.05) is 6.54 Å². The van der Waals surface area contributed by atoms with Gasteiger partial charge in [-0.05, 0) is 36.8 Å². The van der Waals surface area contributed by atoms with E-state index in [1.54, 1.807) is 0 Å². The third-order valence-corrected chi connectivity index (χ3v) is 4.12. The molecule has 21 heavy (non-hydrogen) atoms. The Balaban J connectivity index is 1.88. The van der Waals surface area contributed by atoms with Gasteiger partial charge in [-0.2, -0.15) is 0 Å². The first-order valence-electron chi connectivity index (χ1n) is 7.39. The Kier molecular flexibility index (Phi) is 4.83. The summed E-state index contributed by atoms with van der Waals surface area (Å²) in [6.07, 6.45) is 3.34. The van der Waals surface area contributed by atoms with Crippen molar-refractivity contribution in [2.24, 2.45) is 0 Å². The average molecular weight is 290 g/mol. The van der Waals surface area contributed by atoms with Crippen molar-refractivity contribution >= 4 is 12.0 Å². The van der Waals surface area contributed by atoms with E-state index in [9.17, 15) is 9.59 Å². The highest BCUT2D eigenvalue weighted by atomic mass is 16.4. The lowest BCUT2D eigenvalue weighted by Gasteiger charge is -2.41. The minimum absolute atomic E-state index is 0.00797. The minimum atomic E-state index is -0.869. The summed E-state index contributed by atoms with van der Waals surface area (Å²) in [5.41, 5.74) is 1.75. The molecule has 1 fully saturated rings. The predicted molar refractivity (Wildman–Crippen MR) is 80.0 cm³/mol. The fourth-order valence-corrected chi connectivity index (χ4v) is 2.77. The summed E-state index contributed by atoms with van der Waals surface area (Å²) in [4.78, 5) is 22.9. The first kappa shape index (κ1) is 15.4. The van der Waals surface area contributed by atoms with Crippen molar-refractivity contribution in [2.45, 2.75) is 51.1 Å². The number of benzene rings is 1. The molecule has 2 rings (SSSR count). The quantitative estimate of drug-likeness (QED) is 0.753. The molecule has 0 saturated heterocycles. The lowest BCUT2D eigenvalue weighted by molar-refractivity contribution is -0.139. The summed E-state index contributed by atoms with van der Waals surface area (Å²) >= 11 is 0. The van der Waals surface area contributed by atoms with Crippen LogP contribution in [0.4, 0.5) is 4.79 Å². The molecule has 2 amide bonds. The smallest absolute Gasteiger partial charge is 0.315 e. The molecule has 1 saturated carbocycles. The van der Waals surface area contributed by atoms with Gasteiger partial charge in [-0.3, -0.25) is 4.79 Å². The number of carbonyl (C=O) groups is 2. The number of aliphatic carboxylic acids is 1. The molecule has 1 aromatic carbocycles. The number of carboxylic acids is 1. The van der Waals surface area contributed by atoms with E-state index in [0.29, 0.717) is 6.54 Å². The maximum Gasteiger partial charge on any atom is 0.315 e. The van der Waals surface area contributed by atoms with Crippen LogP contribution in [0.5, 0.6) is 0 Å². The molecular weight excluding hydrogens is 268 g/mol. The van der Waals surface area contributed by atoms with Crippen LogP contribution >= 0.6 is 0 Å². The van der Waals surface area contributed by atoms with Gasteiger partial charge in [0.05, 0.1) is 12.0 Å². The fraction of sp³-hybridized carbons (Fsp3) is 0.500. The number of amides is 2. The molecule has 0 unspecified atom stereocenters. The highest BCUT2D eigenvalue weighted by Crippen LogP contribution is 2.34. The van der Waals surface area contributed by atoms with E-state index >= 15 is 0 Å². The second-order valence-corrected chi connectivity index (χ2v) is 5.63. The SMILES string of the molecule is CCc1ccccc1CNC(=O)NC1(CC(=O)O)CCC1. The van der Waals surface area contributed by atoms with Crippen molar-refractivity contribution in [2.75, 3.05) is 0 Å². The summed E-state index contributed by atoms with van der Waals surface area (Å²) in [5, 5.41) is 14.6. The van der Waals surface area contributed by atoms with Gasteiger partial charge in [-0.25, -0.2) is 4.79 Å². The Morgan fingerprint density at radius 3 is 2.43 bits per heavy atom. The van der Waals surface area contributed by atoms with Crippen molar-refractivity contribution in [1.29, 1.82) is 0 Å². The van der Waals surface area contributed by atoms with E-state index in [2.05, 4.69) is 17.6 Å². The van der Waals surface area contributed by atoms with Crippen molar-refractivity contribution in [3.63, 3.8) is 0 Å². The monoisotopic (exact) mass is 290 g/mol. The Bertz CT molecular complexity index is 524. The van der Waals surface area contributed by atoms with E-state index in [4.69, 9.17) is 5.11 Å². The van der Waals surface area contributed by atoms with Crippen LogP contribution in [0.15, 0.2) is 24.3 Å². The molecule has 5 nitrogen and oxygen atoms in total. The number of carbonyl (C=O) groups excluding carboxylic acids is 1. The van der Waals surface area contributed by atoms with Gasteiger partial charge in [-0.1, -0.05) is 31.2 Å². The number of rotatable bonds is 6. The number of hydrogen-bond acceptors (Lipinski definition) is 2. The van der Waals surface area contributed by atoms with E-state index in [0.717, 1.165) is 31.2 Å². The van der Waals surface area contributed by atoms with E-state index in [-0.39, 0.29) is 12.5 Å². The third-order valence-electron chi connectivity index (χ3n) is 4.12. The second kappa shape index (κ2) is 6.61. The Morgan fingerprint density at radius 2 is 1.90 bits per heavy atom. The number of hydrogen-bond donors (Lipinski definition) is 3. The number of carboxylic acid groups (broad SMARTS) is 1. The van der Waals surface area contributed by atoms with Gasteiger partial charge in [0.25, 0.3) is 0 Å². The maximum absolute atomic E-state index is 12.0. The molecule has 0 aliphatic heterocycles. The van der Waals surface area contributed by atoms with Crippen LogP contribution in [0.3, 0.4) is 0 Å². The van der Waals surface area contributed by atoms with Crippen LogP contribution in [-0.2, 0) is 17.8 Å². The van der Waals surface area contributed by atoms with E-state index in [1.165, 1.54) is 5.56 Å². The summed E-state index contributed by atoms with van der Waals surface area (Å²) in [6, 6.07) is 7.69. The molecule has 0 bridgehead atoms. The van der Waals surface area contributed by atoms with Gasteiger partial charge in [0.2, 0.25) is 0 Å². The Labute approximate surface area is 124 Å². The van der Waals surface area contributed by atoms with Crippen LogP contribution in [0.1, 0.15) is 43.7 Å². The zero-order chi connectivity index (χ0) is 15.3. The lowest BCUT2D eigenvalue weighted by atomic mass is 9.74. The van der Waals surface area contributed by atoms with Crippen molar-refractivity contribution in [1.82, 2.24) is 10.6 Å². The van der Waals surface area contributed by atoms with Gasteiger partial charge in [0.15, 0.2) is 0 Å². The topological polar surface area (TPSA) is 78.4 Å². The highest BCUT2D eigenvalue weighted by molar-refractivity contribution is 5.77. The lowest BCUT2D eigenvalue weighted by Crippen LogP contribution is -2.57. The summed E-state index contributed by atoms with van der Waals surface area (Å²) < 4.78 is 0. The summed E-state index contributed by atoms with van der Waals surface area (Å²) in [7, 11) is 0. The molecule has 0 radical (unpaired) electrons. The molecule has 5 heteroatoms. The van der Waals surface area contributed by atoms with E-state index < -0.39 is 11.5 Å². The van der Waals surface area contributed by atoms with Crippen LogP contribution in [-0.4, -0.2) is 22.6 Å². The number of urea groups is 1. The van der Waals surface area contributed by atoms with Gasteiger partial charge in [-0.15, -0.1) is 0 Å². The first-order valence-corrected chi connectivity index (χ1v) is 7.39. The maximum atomic E-state index is 12.0. The standard InChI is InChI=1S/C16H22N2O3/c1-2-12-6-3-4-7-13(12)11-17-15(21)18-16(8-5-9-16)10-14(19)20/h3-4,6-7H,2,5,8-11H2,1H3,(H,19,20)(H2,17,18,21). The molecule has 1 aliphatic carbocycles. The average Bonchev–Trinajstić information content (AvgIpc) is 2.42. The van der Waals surface area contributed by atoms with Gasteiger partial charge >= 0.3 is 12.0 Å². The van der Waals surface area contributed by atoms with Gasteiger partial charge in [0.1, 0.15) is 0 Å². The minimum Gasteiger partial charge on any atom is -0.481 e. The largest absolute Gasteiger partial charge is 0.481 e. The Morgan fingerprint density at radius 1 is 1.24 bits per heavy atom. The predicted octanol–water partition coefficient (Wildman–Crippen LogP) is 2.45. The molecule has 1 aromatic rings. The van der Waals surface area contributed by atoms with Crippen LogP contribution in [0.2, 0.25) is 0 Å². The molecular formula is C16H22N2O3. The fourth-order valence-electron chi connectivity index (χ4n) is 2.77. The highest BCUT2D eigenvalue weighted by Gasteiger charge is 2.40. The van der Waals surface area contributed by atoms with Crippen molar-refractivity contribution in [3.05, 3.63) is 35.4 Å². The van der Waals surface area contributed by atoms with E-state index in [1.807, 2.05) is 24.3 Å². The molecule has 0 spiro atoms. The van der Waals surface area contributed by atoms with Crippen LogP contribution in [0, 0.1) is 0 Å². The van der Waals surface area contributed by atoms with Gasteiger partial charge < -0.3 is 15.7 Å². The second-order valence-electron chi connectivity index (χ2n) is 5.63.